The van der Waals surface area contributed by atoms with Crippen LogP contribution in [0.4, 0.5) is 0 Å². The molecule has 7 atom stereocenters. The second kappa shape index (κ2) is 87.0. The van der Waals surface area contributed by atoms with Gasteiger partial charge in [-0.25, -0.2) is 9.13 Å². The molecule has 684 valence electrons. The van der Waals surface area contributed by atoms with E-state index >= 15 is 0 Å². The largest absolute Gasteiger partial charge is 0.472 e. The van der Waals surface area contributed by atoms with Gasteiger partial charge in [0.25, 0.3) is 0 Å². The van der Waals surface area contributed by atoms with Gasteiger partial charge in [0.1, 0.15) is 19.3 Å². The molecule has 0 aromatic rings. The number of unbranched alkanes of at least 4 members (excludes halogenated alkanes) is 63. The van der Waals surface area contributed by atoms with Crippen molar-refractivity contribution in [3.8, 4) is 0 Å². The Balaban J connectivity index is 5.25. The number of aliphatic hydroxyl groups excluding tert-OH is 1. The standard InChI is InChI=1S/C96H188O17P2/c1-7-11-13-15-17-19-21-23-24-25-32-38-44-50-56-62-68-74-80-95(100)112-91(84-106-93(98)78-72-66-60-54-48-40-22-20-18-16-14-12-8-2)86-110-114(102,103)108-82-90(97)83-109-115(104,105)111-87-92(113-96(101)81-75-69-63-57-51-45-39-34-29-27-31-36-42-47-53-59-65-71-77-89(6)10-4)85-107-94(99)79-73-67-61-55-49-43-37-33-28-26-30-35-41-46-52-58-64-70-76-88(5)9-3/h88-92,97H,7-87H2,1-6H3,(H,102,103)(H,104,105)/t88?,89?,90-,91+,92+/m0/s1. The Morgan fingerprint density at radius 2 is 0.417 bits per heavy atom. The third kappa shape index (κ3) is 86.8. The highest BCUT2D eigenvalue weighted by molar-refractivity contribution is 7.47. The topological polar surface area (TPSA) is 237 Å². The molecule has 0 bridgehead atoms. The molecule has 17 nitrogen and oxygen atoms in total. The Labute approximate surface area is 708 Å². The second-order valence-electron chi connectivity index (χ2n) is 34.9. The minimum Gasteiger partial charge on any atom is -0.462 e. The molecule has 0 amide bonds. The van der Waals surface area contributed by atoms with Crippen molar-refractivity contribution in [2.45, 2.75) is 541 Å². The summed E-state index contributed by atoms with van der Waals surface area (Å²) in [4.78, 5) is 73.6. The number of carbonyl (C=O) groups is 4. The zero-order valence-corrected chi connectivity index (χ0v) is 77.9. The van der Waals surface area contributed by atoms with E-state index in [0.717, 1.165) is 102 Å². The summed E-state index contributed by atoms with van der Waals surface area (Å²) in [5.74, 6) is -0.343. The molecule has 0 aliphatic carbocycles. The lowest BCUT2D eigenvalue weighted by Gasteiger charge is -2.21. The number of esters is 4. The van der Waals surface area contributed by atoms with Crippen LogP contribution in [0.3, 0.4) is 0 Å². The Morgan fingerprint density at radius 3 is 0.617 bits per heavy atom. The molecule has 0 heterocycles. The molecule has 0 spiro atoms. The van der Waals surface area contributed by atoms with Crippen molar-refractivity contribution in [1.82, 2.24) is 0 Å². The molecule has 0 aliphatic heterocycles. The third-order valence-corrected chi connectivity index (χ3v) is 25.3. The van der Waals surface area contributed by atoms with Crippen molar-refractivity contribution in [2.75, 3.05) is 39.6 Å². The van der Waals surface area contributed by atoms with Crippen molar-refractivity contribution in [2.24, 2.45) is 11.8 Å². The molecule has 0 aromatic heterocycles. The van der Waals surface area contributed by atoms with E-state index in [-0.39, 0.29) is 25.7 Å². The fraction of sp³-hybridized carbons (Fsp3) is 0.958. The summed E-state index contributed by atoms with van der Waals surface area (Å²) < 4.78 is 69.2. The van der Waals surface area contributed by atoms with Gasteiger partial charge in [-0.15, -0.1) is 0 Å². The smallest absolute Gasteiger partial charge is 0.462 e. The van der Waals surface area contributed by atoms with Crippen LogP contribution in [0.25, 0.3) is 0 Å². The molecule has 19 heteroatoms. The second-order valence-corrected chi connectivity index (χ2v) is 37.9. The summed E-state index contributed by atoms with van der Waals surface area (Å²) in [5, 5.41) is 10.7. The molecule has 0 fully saturated rings. The van der Waals surface area contributed by atoms with Crippen LogP contribution in [0.1, 0.15) is 523 Å². The van der Waals surface area contributed by atoms with Crippen molar-refractivity contribution in [3.63, 3.8) is 0 Å². The minimum absolute atomic E-state index is 0.109. The third-order valence-electron chi connectivity index (χ3n) is 23.4. The van der Waals surface area contributed by atoms with E-state index in [1.54, 1.807) is 0 Å². The van der Waals surface area contributed by atoms with E-state index < -0.39 is 97.5 Å². The highest BCUT2D eigenvalue weighted by Crippen LogP contribution is 2.45. The Morgan fingerprint density at radius 1 is 0.243 bits per heavy atom. The van der Waals surface area contributed by atoms with Crippen molar-refractivity contribution >= 4 is 39.5 Å². The van der Waals surface area contributed by atoms with Gasteiger partial charge in [0.05, 0.1) is 26.4 Å². The number of rotatable bonds is 95. The first-order chi connectivity index (χ1) is 55.9. The first kappa shape index (κ1) is 113. The van der Waals surface area contributed by atoms with Gasteiger partial charge in [0, 0.05) is 25.7 Å². The highest BCUT2D eigenvalue weighted by atomic mass is 31.2. The van der Waals surface area contributed by atoms with E-state index in [4.69, 9.17) is 37.0 Å². The maximum absolute atomic E-state index is 13.2. The van der Waals surface area contributed by atoms with Crippen LogP contribution in [0.15, 0.2) is 0 Å². The van der Waals surface area contributed by atoms with E-state index in [1.807, 2.05) is 0 Å². The molecule has 0 rings (SSSR count). The van der Waals surface area contributed by atoms with Crippen molar-refractivity contribution in [3.05, 3.63) is 0 Å². The van der Waals surface area contributed by atoms with Crippen LogP contribution in [0.2, 0.25) is 0 Å². The zero-order chi connectivity index (χ0) is 84.1. The Hall–Kier alpha value is -1.94. The number of hydrogen-bond acceptors (Lipinski definition) is 15. The van der Waals surface area contributed by atoms with Gasteiger partial charge < -0.3 is 33.8 Å². The lowest BCUT2D eigenvalue weighted by molar-refractivity contribution is -0.161. The predicted octanol–water partition coefficient (Wildman–Crippen LogP) is 30.1. The lowest BCUT2D eigenvalue weighted by Crippen LogP contribution is -2.30. The predicted molar refractivity (Wildman–Crippen MR) is 478 cm³/mol. The van der Waals surface area contributed by atoms with Gasteiger partial charge in [-0.3, -0.25) is 37.3 Å². The fourth-order valence-electron chi connectivity index (χ4n) is 15.1. The minimum atomic E-state index is -4.97. The van der Waals surface area contributed by atoms with Crippen LogP contribution in [0, 0.1) is 11.8 Å². The zero-order valence-electron chi connectivity index (χ0n) is 76.1. The average molecular weight is 1680 g/mol. The maximum atomic E-state index is 13.2. The monoisotopic (exact) mass is 1680 g/mol. The van der Waals surface area contributed by atoms with Crippen molar-refractivity contribution < 1.29 is 80.2 Å². The SMILES string of the molecule is CCCCCCCCCCCCCCCCCCCCC(=O)O[C@H](COC(=O)CCCCCCCCCCCCCCC)COP(=O)(O)OC[C@H](O)COP(=O)(O)OC[C@@H](COC(=O)CCCCCCCCCCCCCCCCCCCCC(C)CC)OC(=O)CCCCCCCCCCCCCCCCCCCCC(C)CC. The van der Waals surface area contributed by atoms with Crippen LogP contribution in [-0.2, 0) is 65.4 Å². The Kier molecular flexibility index (Phi) is 85.5. The van der Waals surface area contributed by atoms with Crippen LogP contribution >= 0.6 is 15.6 Å². The van der Waals surface area contributed by atoms with Crippen molar-refractivity contribution in [1.29, 1.82) is 0 Å². The summed E-state index contributed by atoms with van der Waals surface area (Å²) in [5.41, 5.74) is 0. The van der Waals surface area contributed by atoms with Crippen LogP contribution < -0.4 is 0 Å². The molecule has 3 N–H and O–H groups in total. The van der Waals surface area contributed by atoms with Crippen LogP contribution in [0.5, 0.6) is 0 Å². The number of carbonyl (C=O) groups excluding carboxylic acids is 4. The molecular formula is C96H188O17P2. The van der Waals surface area contributed by atoms with Gasteiger partial charge in [-0.05, 0) is 37.5 Å². The maximum Gasteiger partial charge on any atom is 0.472 e. The molecule has 0 aromatic carbocycles. The molecule has 0 saturated heterocycles. The number of ether oxygens (including phenoxy) is 4. The summed E-state index contributed by atoms with van der Waals surface area (Å²) in [6.07, 6.45) is 83.3. The highest BCUT2D eigenvalue weighted by Gasteiger charge is 2.31. The van der Waals surface area contributed by atoms with Gasteiger partial charge in [-0.1, -0.05) is 472 Å². The normalized spacial score (nSPS) is 14.1. The molecule has 4 unspecified atom stereocenters. The number of phosphoric ester groups is 2. The Bertz CT molecular complexity index is 2190. The molecule has 0 aliphatic rings. The molecular weight excluding hydrogens is 1490 g/mol. The summed E-state index contributed by atoms with van der Waals surface area (Å²) in [7, 11) is -9.94. The van der Waals surface area contributed by atoms with E-state index in [2.05, 4.69) is 41.5 Å². The van der Waals surface area contributed by atoms with Gasteiger partial charge >= 0.3 is 39.5 Å². The fourth-order valence-corrected chi connectivity index (χ4v) is 16.7. The van der Waals surface area contributed by atoms with Gasteiger partial charge in [-0.2, -0.15) is 0 Å². The van der Waals surface area contributed by atoms with Gasteiger partial charge in [0.15, 0.2) is 12.2 Å². The van der Waals surface area contributed by atoms with E-state index in [1.165, 1.54) is 340 Å². The van der Waals surface area contributed by atoms with Crippen LogP contribution in [-0.4, -0.2) is 96.7 Å². The number of aliphatic hydroxyl groups is 1. The number of hydrogen-bond donors (Lipinski definition) is 3. The molecule has 0 radical (unpaired) electrons. The molecule has 115 heavy (non-hydrogen) atoms. The summed E-state index contributed by atoms with van der Waals surface area (Å²) >= 11 is 0. The summed E-state index contributed by atoms with van der Waals surface area (Å²) in [6.45, 7) is 9.88. The first-order valence-electron chi connectivity index (χ1n) is 49.6. The average Bonchev–Trinajstić information content (AvgIpc) is 0.899. The first-order valence-corrected chi connectivity index (χ1v) is 52.6. The van der Waals surface area contributed by atoms with Gasteiger partial charge in [0.2, 0.25) is 0 Å². The number of phosphoric acid groups is 2. The van der Waals surface area contributed by atoms with E-state index in [9.17, 15) is 43.2 Å². The quantitative estimate of drug-likeness (QED) is 0.0222. The lowest BCUT2D eigenvalue weighted by atomic mass is 9.99. The summed E-state index contributed by atoms with van der Waals surface area (Å²) in [6, 6.07) is 0. The van der Waals surface area contributed by atoms with E-state index in [0.29, 0.717) is 25.7 Å². The molecule has 0 saturated carbocycles.